The van der Waals surface area contributed by atoms with Gasteiger partial charge in [0.05, 0.1) is 6.04 Å². The summed E-state index contributed by atoms with van der Waals surface area (Å²) in [7, 11) is 0. The quantitative estimate of drug-likeness (QED) is 0.795. The van der Waals surface area contributed by atoms with Crippen molar-refractivity contribution in [3.63, 3.8) is 0 Å². The molecule has 0 bridgehead atoms. The van der Waals surface area contributed by atoms with Gasteiger partial charge in [0.2, 0.25) is 5.91 Å². The highest BCUT2D eigenvalue weighted by Crippen LogP contribution is 2.30. The summed E-state index contributed by atoms with van der Waals surface area (Å²) in [4.78, 5) is 14.6. The Morgan fingerprint density at radius 1 is 1.35 bits per heavy atom. The summed E-state index contributed by atoms with van der Waals surface area (Å²) in [5.41, 5.74) is 0. The van der Waals surface area contributed by atoms with E-state index in [0.717, 1.165) is 38.4 Å². The molecular weight excluding hydrogens is 212 g/mol. The lowest BCUT2D eigenvalue weighted by Crippen LogP contribution is -2.50. The number of carbonyl (C=O) groups is 1. The summed E-state index contributed by atoms with van der Waals surface area (Å²) in [5, 5.41) is 3.39. The first-order valence-electron chi connectivity index (χ1n) is 7.23. The second kappa shape index (κ2) is 5.85. The molecule has 2 fully saturated rings. The second-order valence-electron chi connectivity index (χ2n) is 5.86. The minimum absolute atomic E-state index is 0.0871. The third-order valence-electron chi connectivity index (χ3n) is 3.94. The number of hydrogen-bond donors (Lipinski definition) is 1. The number of nitrogens with zero attached hydrogens (tertiary/aromatic N) is 1. The maximum Gasteiger partial charge on any atom is 0.239 e. The molecule has 2 aliphatic rings. The Kier molecular flexibility index (Phi) is 4.43. The lowest BCUT2D eigenvalue weighted by atomic mass is 9.93. The van der Waals surface area contributed by atoms with E-state index in [2.05, 4.69) is 24.1 Å². The van der Waals surface area contributed by atoms with Crippen molar-refractivity contribution in [3.05, 3.63) is 0 Å². The monoisotopic (exact) mass is 238 g/mol. The number of rotatable bonds is 5. The Labute approximate surface area is 105 Å². The molecule has 1 aliphatic carbocycles. The molecule has 0 aromatic heterocycles. The predicted octanol–water partition coefficient (Wildman–Crippen LogP) is 2.02. The van der Waals surface area contributed by atoms with Crippen molar-refractivity contribution >= 4 is 5.91 Å². The number of piperidine rings is 1. The molecule has 3 nitrogen and oxygen atoms in total. The normalized spacial score (nSPS) is 29.1. The van der Waals surface area contributed by atoms with Crippen LogP contribution in [-0.4, -0.2) is 36.5 Å². The van der Waals surface area contributed by atoms with Gasteiger partial charge in [-0.15, -0.1) is 0 Å². The molecule has 2 unspecified atom stereocenters. The van der Waals surface area contributed by atoms with Crippen LogP contribution < -0.4 is 5.32 Å². The molecule has 1 heterocycles. The first-order valence-corrected chi connectivity index (χ1v) is 7.23. The lowest BCUT2D eigenvalue weighted by molar-refractivity contribution is -0.134. The van der Waals surface area contributed by atoms with Crippen molar-refractivity contribution in [3.8, 4) is 0 Å². The van der Waals surface area contributed by atoms with Crippen LogP contribution in [0.25, 0.3) is 0 Å². The van der Waals surface area contributed by atoms with Crippen LogP contribution in [-0.2, 0) is 4.79 Å². The summed E-state index contributed by atoms with van der Waals surface area (Å²) < 4.78 is 0. The van der Waals surface area contributed by atoms with Crippen LogP contribution in [0.5, 0.6) is 0 Å². The molecule has 1 N–H and O–H groups in total. The van der Waals surface area contributed by atoms with E-state index in [0.29, 0.717) is 11.8 Å². The molecule has 0 aromatic rings. The van der Waals surface area contributed by atoms with E-state index in [1.165, 1.54) is 19.3 Å². The maximum atomic E-state index is 12.5. The van der Waals surface area contributed by atoms with Gasteiger partial charge in [-0.2, -0.15) is 0 Å². The van der Waals surface area contributed by atoms with Gasteiger partial charge in [-0.25, -0.2) is 0 Å². The molecule has 0 radical (unpaired) electrons. The number of carbonyl (C=O) groups excluding carboxylic acids is 1. The van der Waals surface area contributed by atoms with Gasteiger partial charge in [-0.3, -0.25) is 4.79 Å². The van der Waals surface area contributed by atoms with Crippen LogP contribution >= 0.6 is 0 Å². The molecule has 0 aromatic carbocycles. The summed E-state index contributed by atoms with van der Waals surface area (Å²) in [6.07, 6.45) is 5.94. The highest BCUT2D eigenvalue weighted by Gasteiger charge is 2.31. The van der Waals surface area contributed by atoms with Crippen molar-refractivity contribution in [1.82, 2.24) is 10.2 Å². The number of hydrogen-bond acceptors (Lipinski definition) is 2. The standard InChI is InChI=1S/C14H26N2O/c1-3-8-16(10-12-4-5-12)14(17)13-9-11(2)6-7-15-13/h11-13,15H,3-10H2,1-2H3. The van der Waals surface area contributed by atoms with Crippen molar-refractivity contribution < 1.29 is 4.79 Å². The lowest BCUT2D eigenvalue weighted by Gasteiger charge is -2.32. The molecule has 17 heavy (non-hydrogen) atoms. The highest BCUT2D eigenvalue weighted by molar-refractivity contribution is 5.82. The third-order valence-corrected chi connectivity index (χ3v) is 3.94. The average Bonchev–Trinajstić information content (AvgIpc) is 3.11. The summed E-state index contributed by atoms with van der Waals surface area (Å²) in [6, 6.07) is 0.0871. The van der Waals surface area contributed by atoms with Crippen LogP contribution in [0.2, 0.25) is 0 Å². The Bertz CT molecular complexity index is 263. The maximum absolute atomic E-state index is 12.5. The summed E-state index contributed by atoms with van der Waals surface area (Å²) in [6.45, 7) is 7.35. The van der Waals surface area contributed by atoms with Gasteiger partial charge in [0.1, 0.15) is 0 Å². The van der Waals surface area contributed by atoms with Crippen molar-refractivity contribution in [2.75, 3.05) is 19.6 Å². The Balaban J connectivity index is 1.88. The molecule has 2 rings (SSSR count). The van der Waals surface area contributed by atoms with Crippen molar-refractivity contribution in [1.29, 1.82) is 0 Å². The third kappa shape index (κ3) is 3.70. The van der Waals surface area contributed by atoms with Crippen LogP contribution in [0.3, 0.4) is 0 Å². The second-order valence-corrected chi connectivity index (χ2v) is 5.86. The van der Waals surface area contributed by atoms with Crippen LogP contribution in [0.15, 0.2) is 0 Å². The molecule has 1 saturated heterocycles. The molecule has 1 amide bonds. The molecule has 98 valence electrons. The van der Waals surface area contributed by atoms with Gasteiger partial charge in [-0.05, 0) is 50.5 Å². The minimum atomic E-state index is 0.0871. The Morgan fingerprint density at radius 3 is 2.71 bits per heavy atom. The van der Waals surface area contributed by atoms with E-state index in [1.807, 2.05) is 0 Å². The number of nitrogens with one attached hydrogen (secondary N) is 1. The zero-order chi connectivity index (χ0) is 12.3. The fraction of sp³-hybridized carbons (Fsp3) is 0.929. The van der Waals surface area contributed by atoms with Crippen LogP contribution in [0.1, 0.15) is 46.0 Å². The van der Waals surface area contributed by atoms with E-state index in [-0.39, 0.29) is 6.04 Å². The fourth-order valence-corrected chi connectivity index (χ4v) is 2.69. The zero-order valence-corrected chi connectivity index (χ0v) is 11.2. The zero-order valence-electron chi connectivity index (χ0n) is 11.2. The van der Waals surface area contributed by atoms with E-state index < -0.39 is 0 Å². The minimum Gasteiger partial charge on any atom is -0.341 e. The molecule has 0 spiro atoms. The molecular formula is C14H26N2O. The van der Waals surface area contributed by atoms with Crippen LogP contribution in [0, 0.1) is 11.8 Å². The SMILES string of the molecule is CCCN(CC1CC1)C(=O)C1CC(C)CCN1. The summed E-state index contributed by atoms with van der Waals surface area (Å²) >= 11 is 0. The van der Waals surface area contributed by atoms with Crippen molar-refractivity contribution in [2.24, 2.45) is 11.8 Å². The van der Waals surface area contributed by atoms with Crippen LogP contribution in [0.4, 0.5) is 0 Å². The van der Waals surface area contributed by atoms with Crippen molar-refractivity contribution in [2.45, 2.75) is 52.0 Å². The largest absolute Gasteiger partial charge is 0.341 e. The first kappa shape index (κ1) is 12.9. The van der Waals surface area contributed by atoms with E-state index in [9.17, 15) is 4.79 Å². The van der Waals surface area contributed by atoms with Gasteiger partial charge in [-0.1, -0.05) is 13.8 Å². The van der Waals surface area contributed by atoms with Gasteiger partial charge < -0.3 is 10.2 Å². The smallest absolute Gasteiger partial charge is 0.239 e. The Morgan fingerprint density at radius 2 is 2.12 bits per heavy atom. The topological polar surface area (TPSA) is 32.3 Å². The van der Waals surface area contributed by atoms with E-state index >= 15 is 0 Å². The highest BCUT2D eigenvalue weighted by atomic mass is 16.2. The predicted molar refractivity (Wildman–Crippen MR) is 69.8 cm³/mol. The van der Waals surface area contributed by atoms with Gasteiger partial charge in [0.25, 0.3) is 0 Å². The molecule has 2 atom stereocenters. The first-order chi connectivity index (χ1) is 8.20. The average molecular weight is 238 g/mol. The fourth-order valence-electron chi connectivity index (χ4n) is 2.69. The number of amides is 1. The molecule has 1 aliphatic heterocycles. The van der Waals surface area contributed by atoms with Gasteiger partial charge in [0, 0.05) is 13.1 Å². The molecule has 1 saturated carbocycles. The van der Waals surface area contributed by atoms with Gasteiger partial charge in [0.15, 0.2) is 0 Å². The Hall–Kier alpha value is -0.570. The van der Waals surface area contributed by atoms with Gasteiger partial charge >= 0.3 is 0 Å². The molecule has 3 heteroatoms. The van der Waals surface area contributed by atoms with E-state index in [1.54, 1.807) is 0 Å². The summed E-state index contributed by atoms with van der Waals surface area (Å²) in [5.74, 6) is 1.84. The van der Waals surface area contributed by atoms with E-state index in [4.69, 9.17) is 0 Å².